The van der Waals surface area contributed by atoms with E-state index in [-0.39, 0.29) is 18.3 Å². The first-order chi connectivity index (χ1) is 11.0. The number of nitrogens with zero attached hydrogens (tertiary/aromatic N) is 3. The lowest BCUT2D eigenvalue weighted by atomic mass is 9.98. The molecule has 2 unspecified atom stereocenters. The summed E-state index contributed by atoms with van der Waals surface area (Å²) in [7, 11) is 1.50. The van der Waals surface area contributed by atoms with Crippen LogP contribution in [0.3, 0.4) is 0 Å². The topological polar surface area (TPSA) is 115 Å². The van der Waals surface area contributed by atoms with Gasteiger partial charge in [-0.1, -0.05) is 6.07 Å². The molecule has 0 aromatic carbocycles. The zero-order valence-corrected chi connectivity index (χ0v) is 12.7. The van der Waals surface area contributed by atoms with E-state index in [4.69, 9.17) is 0 Å². The second-order valence-electron chi connectivity index (χ2n) is 5.28. The van der Waals surface area contributed by atoms with Gasteiger partial charge in [0, 0.05) is 19.8 Å². The molecule has 9 heteroatoms. The van der Waals surface area contributed by atoms with Crippen LogP contribution in [-0.4, -0.2) is 64.1 Å². The van der Waals surface area contributed by atoms with Crippen molar-refractivity contribution in [2.45, 2.75) is 24.9 Å². The standard InChI is InChI=1S/C14H19N5O4/c1-18(23)10-5-6-12(19(8-10)9-20)14(22)17-16-13(21)11-4-2-3-7-15-11/h2-4,7,9-10,12,23H,5-6,8H2,1H3,(H,16,21)(H,17,22). The summed E-state index contributed by atoms with van der Waals surface area (Å²) in [5.74, 6) is -1.03. The second-order valence-corrected chi connectivity index (χ2v) is 5.28. The lowest BCUT2D eigenvalue weighted by molar-refractivity contribution is -0.147. The van der Waals surface area contributed by atoms with Crippen LogP contribution in [0.15, 0.2) is 24.4 Å². The second kappa shape index (κ2) is 7.65. The third kappa shape index (κ3) is 4.24. The van der Waals surface area contributed by atoms with E-state index in [2.05, 4.69) is 15.8 Å². The maximum absolute atomic E-state index is 12.2. The average molecular weight is 321 g/mol. The number of nitrogens with one attached hydrogen (secondary N) is 2. The Labute approximate surface area is 133 Å². The molecule has 1 fully saturated rings. The van der Waals surface area contributed by atoms with E-state index in [9.17, 15) is 19.6 Å². The number of aromatic nitrogens is 1. The normalized spacial score (nSPS) is 20.9. The molecule has 9 nitrogen and oxygen atoms in total. The number of rotatable bonds is 4. The number of hydroxylamine groups is 2. The summed E-state index contributed by atoms with van der Waals surface area (Å²) in [4.78, 5) is 40.3. The number of hydrazine groups is 1. The lowest BCUT2D eigenvalue weighted by Crippen LogP contribution is -2.57. The van der Waals surface area contributed by atoms with Crippen molar-refractivity contribution < 1.29 is 19.6 Å². The van der Waals surface area contributed by atoms with E-state index in [0.29, 0.717) is 19.3 Å². The highest BCUT2D eigenvalue weighted by atomic mass is 16.5. The van der Waals surface area contributed by atoms with E-state index in [1.807, 2.05) is 0 Å². The van der Waals surface area contributed by atoms with Crippen LogP contribution in [0, 0.1) is 0 Å². The molecule has 2 rings (SSSR count). The van der Waals surface area contributed by atoms with Gasteiger partial charge in [-0.2, -0.15) is 5.06 Å². The Balaban J connectivity index is 1.90. The Morgan fingerprint density at radius 3 is 2.78 bits per heavy atom. The van der Waals surface area contributed by atoms with E-state index in [1.54, 1.807) is 12.1 Å². The number of carbonyl (C=O) groups excluding carboxylic acids is 3. The minimum absolute atomic E-state index is 0.172. The van der Waals surface area contributed by atoms with Crippen LogP contribution in [0.5, 0.6) is 0 Å². The Bertz CT molecular complexity index is 566. The predicted octanol–water partition coefficient (Wildman–Crippen LogP) is -0.847. The number of amides is 3. The predicted molar refractivity (Wildman–Crippen MR) is 79.0 cm³/mol. The molecule has 23 heavy (non-hydrogen) atoms. The van der Waals surface area contributed by atoms with Gasteiger partial charge in [0.15, 0.2) is 0 Å². The van der Waals surface area contributed by atoms with Crippen molar-refractivity contribution in [2.75, 3.05) is 13.6 Å². The van der Waals surface area contributed by atoms with Gasteiger partial charge in [0.2, 0.25) is 6.41 Å². The smallest absolute Gasteiger partial charge is 0.288 e. The molecule has 1 aromatic heterocycles. The summed E-state index contributed by atoms with van der Waals surface area (Å²) in [6, 6.07) is 3.94. The van der Waals surface area contributed by atoms with Gasteiger partial charge in [-0.15, -0.1) is 0 Å². The van der Waals surface area contributed by atoms with Crippen LogP contribution >= 0.6 is 0 Å². The summed E-state index contributed by atoms with van der Waals surface area (Å²) >= 11 is 0. The first-order valence-electron chi connectivity index (χ1n) is 7.17. The van der Waals surface area contributed by atoms with Crippen LogP contribution in [-0.2, 0) is 9.59 Å². The van der Waals surface area contributed by atoms with Gasteiger partial charge in [0.25, 0.3) is 11.8 Å². The fourth-order valence-corrected chi connectivity index (χ4v) is 2.44. The third-order valence-corrected chi connectivity index (χ3v) is 3.76. The van der Waals surface area contributed by atoms with Crippen molar-refractivity contribution in [1.82, 2.24) is 25.8 Å². The molecule has 2 atom stereocenters. The van der Waals surface area contributed by atoms with E-state index >= 15 is 0 Å². The van der Waals surface area contributed by atoms with Crippen molar-refractivity contribution in [3.63, 3.8) is 0 Å². The number of pyridine rings is 1. The molecule has 0 saturated carbocycles. The number of likely N-dealkylation sites (N-methyl/N-ethyl adjacent to an activating group) is 1. The molecule has 1 saturated heterocycles. The maximum atomic E-state index is 12.2. The van der Waals surface area contributed by atoms with Crippen molar-refractivity contribution in [3.05, 3.63) is 30.1 Å². The van der Waals surface area contributed by atoms with Crippen molar-refractivity contribution in [3.8, 4) is 0 Å². The molecular weight excluding hydrogens is 302 g/mol. The molecule has 1 aliphatic rings. The molecular formula is C14H19N5O4. The Hall–Kier alpha value is -2.52. The van der Waals surface area contributed by atoms with E-state index in [1.165, 1.54) is 24.2 Å². The zero-order valence-electron chi connectivity index (χ0n) is 12.7. The minimum Gasteiger partial charge on any atom is -0.332 e. The highest BCUT2D eigenvalue weighted by Gasteiger charge is 2.33. The maximum Gasteiger partial charge on any atom is 0.288 e. The van der Waals surface area contributed by atoms with Crippen molar-refractivity contribution in [1.29, 1.82) is 0 Å². The summed E-state index contributed by atoms with van der Waals surface area (Å²) in [5.41, 5.74) is 4.75. The Morgan fingerprint density at radius 1 is 1.39 bits per heavy atom. The first-order valence-corrected chi connectivity index (χ1v) is 7.17. The summed E-state index contributed by atoms with van der Waals surface area (Å²) in [6.45, 7) is 0.239. The van der Waals surface area contributed by atoms with E-state index in [0.717, 1.165) is 5.06 Å². The van der Waals surface area contributed by atoms with Crippen LogP contribution in [0.2, 0.25) is 0 Å². The highest BCUT2D eigenvalue weighted by Crippen LogP contribution is 2.18. The first kappa shape index (κ1) is 16.8. The van der Waals surface area contributed by atoms with Crippen molar-refractivity contribution in [2.24, 2.45) is 0 Å². The number of carbonyl (C=O) groups is 3. The molecule has 0 radical (unpaired) electrons. The quantitative estimate of drug-likeness (QED) is 0.492. The van der Waals surface area contributed by atoms with Crippen LogP contribution in [0.25, 0.3) is 0 Å². The number of hydrogen-bond donors (Lipinski definition) is 3. The minimum atomic E-state index is -0.687. The number of piperidine rings is 1. The summed E-state index contributed by atoms with van der Waals surface area (Å²) in [5, 5.41) is 10.5. The number of hydrogen-bond acceptors (Lipinski definition) is 6. The molecule has 0 spiro atoms. The zero-order chi connectivity index (χ0) is 16.8. The molecule has 2 heterocycles. The van der Waals surface area contributed by atoms with Gasteiger partial charge >= 0.3 is 0 Å². The molecule has 1 aromatic rings. The molecule has 1 aliphatic heterocycles. The average Bonchev–Trinajstić information content (AvgIpc) is 2.59. The largest absolute Gasteiger partial charge is 0.332 e. The highest BCUT2D eigenvalue weighted by molar-refractivity contribution is 5.94. The monoisotopic (exact) mass is 321 g/mol. The molecule has 3 N–H and O–H groups in total. The van der Waals surface area contributed by atoms with Gasteiger partial charge < -0.3 is 10.1 Å². The van der Waals surface area contributed by atoms with Gasteiger partial charge in [0.1, 0.15) is 11.7 Å². The molecule has 0 aliphatic carbocycles. The van der Waals surface area contributed by atoms with Gasteiger partial charge in [-0.25, -0.2) is 0 Å². The number of likely N-dealkylation sites (tertiary alicyclic amines) is 1. The summed E-state index contributed by atoms with van der Waals surface area (Å²) in [6.07, 6.45) is 2.99. The Kier molecular flexibility index (Phi) is 5.61. The molecule has 124 valence electrons. The SMILES string of the molecule is CN(O)C1CCC(C(=O)NNC(=O)c2ccccn2)N(C=O)C1. The third-order valence-electron chi connectivity index (χ3n) is 3.76. The van der Waals surface area contributed by atoms with Gasteiger partial charge in [0.05, 0.1) is 6.04 Å². The molecule has 3 amide bonds. The van der Waals surface area contributed by atoms with Crippen molar-refractivity contribution >= 4 is 18.2 Å². The van der Waals surface area contributed by atoms with Crippen LogP contribution in [0.4, 0.5) is 0 Å². The van der Waals surface area contributed by atoms with E-state index < -0.39 is 17.9 Å². The fourth-order valence-electron chi connectivity index (χ4n) is 2.44. The lowest BCUT2D eigenvalue weighted by Gasteiger charge is -2.37. The van der Waals surface area contributed by atoms with Gasteiger partial charge in [-0.05, 0) is 25.0 Å². The molecule has 0 bridgehead atoms. The van der Waals surface area contributed by atoms with Crippen LogP contribution in [0.1, 0.15) is 23.3 Å². The fraction of sp³-hybridized carbons (Fsp3) is 0.429. The Morgan fingerprint density at radius 2 is 2.17 bits per heavy atom. The van der Waals surface area contributed by atoms with Crippen LogP contribution < -0.4 is 10.9 Å². The summed E-state index contributed by atoms with van der Waals surface area (Å²) < 4.78 is 0. The van der Waals surface area contributed by atoms with Gasteiger partial charge in [-0.3, -0.25) is 30.2 Å².